The second kappa shape index (κ2) is 13.1. The van der Waals surface area contributed by atoms with Crippen LogP contribution in [0, 0.1) is 0 Å². The summed E-state index contributed by atoms with van der Waals surface area (Å²) in [4.78, 5) is 0. The molecule has 4 heteroatoms. The lowest BCUT2D eigenvalue weighted by Crippen LogP contribution is -2.01. The maximum atomic E-state index is 11.8. The summed E-state index contributed by atoms with van der Waals surface area (Å²) in [6.07, 6.45) is 14.5. The van der Waals surface area contributed by atoms with Crippen molar-refractivity contribution < 1.29 is 13.2 Å². The van der Waals surface area contributed by atoms with Crippen LogP contribution < -0.4 is 0 Å². The normalized spacial score (nSPS) is 12.0. The molecule has 0 aliphatic carbocycles. The molecule has 0 rings (SSSR count). The Morgan fingerprint density at radius 1 is 0.632 bits per heavy atom. The summed E-state index contributed by atoms with van der Waals surface area (Å²) in [5.41, 5.74) is -4.04. The van der Waals surface area contributed by atoms with Crippen LogP contribution in [0.4, 0.5) is 13.2 Å². The van der Waals surface area contributed by atoms with E-state index in [9.17, 15) is 13.2 Å². The molecule has 0 unspecified atom stereocenters. The maximum Gasteiger partial charge on any atom is 0.441 e. The molecule has 0 aromatic carbocycles. The lowest BCUT2D eigenvalue weighted by molar-refractivity contribution is -0.0328. The van der Waals surface area contributed by atoms with Gasteiger partial charge in [-0.1, -0.05) is 89.3 Å². The van der Waals surface area contributed by atoms with Crippen molar-refractivity contribution in [2.24, 2.45) is 0 Å². The predicted octanol–water partition coefficient (Wildman–Crippen LogP) is 6.94. The first-order valence-electron chi connectivity index (χ1n) is 7.77. The highest BCUT2D eigenvalue weighted by atomic mass is 32.2. The molecule has 0 aromatic rings. The van der Waals surface area contributed by atoms with Crippen LogP contribution in [0.25, 0.3) is 0 Å². The number of halogens is 3. The van der Waals surface area contributed by atoms with Gasteiger partial charge in [0.2, 0.25) is 0 Å². The molecule has 0 aliphatic heterocycles. The first kappa shape index (κ1) is 19.1. The van der Waals surface area contributed by atoms with Crippen molar-refractivity contribution in [3.8, 4) is 0 Å². The first-order valence-corrected chi connectivity index (χ1v) is 8.75. The molecular weight excluding hydrogens is 269 g/mol. The molecule has 0 N–H and O–H groups in total. The fraction of sp³-hybridized carbons (Fsp3) is 1.00. The van der Waals surface area contributed by atoms with E-state index in [-0.39, 0.29) is 17.5 Å². The van der Waals surface area contributed by atoms with Gasteiger partial charge in [0.05, 0.1) is 0 Å². The molecule has 0 nitrogen and oxygen atoms in total. The Hall–Kier alpha value is 0.140. The Balaban J connectivity index is 2.99. The maximum absolute atomic E-state index is 11.8. The third kappa shape index (κ3) is 18.1. The Morgan fingerprint density at radius 2 is 1.00 bits per heavy atom. The van der Waals surface area contributed by atoms with Gasteiger partial charge in [0.15, 0.2) is 0 Å². The molecule has 0 amide bonds. The Kier molecular flexibility index (Phi) is 13.2. The summed E-state index contributed by atoms with van der Waals surface area (Å²) < 4.78 is 35.5. The average molecular weight is 298 g/mol. The molecule has 0 atom stereocenters. The molecule has 0 fully saturated rings. The van der Waals surface area contributed by atoms with Crippen LogP contribution in [0.3, 0.4) is 0 Å². The summed E-state index contributed by atoms with van der Waals surface area (Å²) in [7, 11) is 0. The van der Waals surface area contributed by atoms with E-state index in [4.69, 9.17) is 0 Å². The van der Waals surface area contributed by atoms with Gasteiger partial charge in [0.1, 0.15) is 0 Å². The van der Waals surface area contributed by atoms with Crippen LogP contribution in [0.2, 0.25) is 0 Å². The van der Waals surface area contributed by atoms with E-state index in [1.807, 2.05) is 0 Å². The fourth-order valence-electron chi connectivity index (χ4n) is 2.13. The number of hydrogen-bond acceptors (Lipinski definition) is 1. The fourth-order valence-corrected chi connectivity index (χ4v) is 2.71. The summed E-state index contributed by atoms with van der Waals surface area (Å²) in [6.45, 7) is 2.23. The third-order valence-electron chi connectivity index (χ3n) is 3.26. The van der Waals surface area contributed by atoms with Crippen LogP contribution in [-0.4, -0.2) is 11.3 Å². The standard InChI is InChI=1S/C15H29F3S/c1-2-3-4-5-6-7-8-9-10-11-12-13-14-19-15(16,17)18/h2-14H2,1H3. The number of hydrogen-bond donors (Lipinski definition) is 0. The number of unbranched alkanes of at least 4 members (excludes halogenated alkanes) is 11. The van der Waals surface area contributed by atoms with Crippen LogP contribution in [0.15, 0.2) is 0 Å². The van der Waals surface area contributed by atoms with Gasteiger partial charge in [-0.25, -0.2) is 0 Å². The van der Waals surface area contributed by atoms with E-state index in [0.717, 1.165) is 12.8 Å². The van der Waals surface area contributed by atoms with Crippen molar-refractivity contribution in [3.05, 3.63) is 0 Å². The van der Waals surface area contributed by atoms with Crippen LogP contribution in [0.1, 0.15) is 84.0 Å². The number of thioether (sulfide) groups is 1. The van der Waals surface area contributed by atoms with Gasteiger partial charge >= 0.3 is 5.51 Å². The van der Waals surface area contributed by atoms with E-state index in [2.05, 4.69) is 6.92 Å². The number of alkyl halides is 3. The number of rotatable bonds is 13. The molecule has 0 saturated heterocycles. The monoisotopic (exact) mass is 298 g/mol. The van der Waals surface area contributed by atoms with E-state index in [1.54, 1.807) is 0 Å². The molecule has 0 saturated carbocycles. The van der Waals surface area contributed by atoms with Gasteiger partial charge < -0.3 is 0 Å². The van der Waals surface area contributed by atoms with Crippen LogP contribution in [0.5, 0.6) is 0 Å². The Labute approximate surface area is 120 Å². The van der Waals surface area contributed by atoms with Gasteiger partial charge in [-0.15, -0.1) is 0 Å². The second-order valence-corrected chi connectivity index (χ2v) is 6.34. The van der Waals surface area contributed by atoms with Crippen molar-refractivity contribution in [2.45, 2.75) is 89.5 Å². The summed E-state index contributed by atoms with van der Waals surface area (Å²) in [5.74, 6) is 0.223. The second-order valence-electron chi connectivity index (χ2n) is 5.18. The SMILES string of the molecule is CCCCCCCCCCCCCCSC(F)(F)F. The molecule has 0 bridgehead atoms. The first-order chi connectivity index (χ1) is 9.06. The smallest absolute Gasteiger partial charge is 0.160 e. The lowest BCUT2D eigenvalue weighted by atomic mass is 10.1. The average Bonchev–Trinajstić information content (AvgIpc) is 2.34. The van der Waals surface area contributed by atoms with Crippen molar-refractivity contribution in [1.82, 2.24) is 0 Å². The van der Waals surface area contributed by atoms with Crippen molar-refractivity contribution >= 4 is 11.8 Å². The molecule has 0 radical (unpaired) electrons. The van der Waals surface area contributed by atoms with Crippen molar-refractivity contribution in [2.75, 3.05) is 5.75 Å². The highest BCUT2D eigenvalue weighted by Crippen LogP contribution is 2.30. The molecule has 19 heavy (non-hydrogen) atoms. The van der Waals surface area contributed by atoms with E-state index in [0.29, 0.717) is 6.42 Å². The predicted molar refractivity (Wildman–Crippen MR) is 79.6 cm³/mol. The summed E-state index contributed by atoms with van der Waals surface area (Å²) in [6, 6.07) is 0. The molecule has 116 valence electrons. The van der Waals surface area contributed by atoms with Crippen molar-refractivity contribution in [1.29, 1.82) is 0 Å². The van der Waals surface area contributed by atoms with Gasteiger partial charge in [-0.3, -0.25) is 0 Å². The minimum absolute atomic E-state index is 0.115. The minimum atomic E-state index is -4.04. The van der Waals surface area contributed by atoms with E-state index >= 15 is 0 Å². The highest BCUT2D eigenvalue weighted by Gasteiger charge is 2.27. The molecule has 0 spiro atoms. The van der Waals surface area contributed by atoms with E-state index < -0.39 is 5.51 Å². The molecule has 0 aromatic heterocycles. The zero-order valence-electron chi connectivity index (χ0n) is 12.2. The van der Waals surface area contributed by atoms with Gasteiger partial charge in [-0.05, 0) is 6.42 Å². The highest BCUT2D eigenvalue weighted by molar-refractivity contribution is 8.00. The quantitative estimate of drug-likeness (QED) is 0.332. The van der Waals surface area contributed by atoms with Crippen molar-refractivity contribution in [3.63, 3.8) is 0 Å². The van der Waals surface area contributed by atoms with Gasteiger partial charge in [0.25, 0.3) is 0 Å². The molecular formula is C15H29F3S. The van der Waals surface area contributed by atoms with Gasteiger partial charge in [-0.2, -0.15) is 13.2 Å². The Morgan fingerprint density at radius 3 is 1.37 bits per heavy atom. The summed E-state index contributed by atoms with van der Waals surface area (Å²) >= 11 is 0.115. The zero-order valence-corrected chi connectivity index (χ0v) is 13.1. The zero-order chi connectivity index (χ0) is 14.4. The van der Waals surface area contributed by atoms with Crippen LogP contribution >= 0.6 is 11.8 Å². The van der Waals surface area contributed by atoms with E-state index in [1.165, 1.54) is 57.8 Å². The minimum Gasteiger partial charge on any atom is -0.160 e. The Bertz CT molecular complexity index is 181. The lowest BCUT2D eigenvalue weighted by Gasteiger charge is -2.05. The molecule has 0 heterocycles. The largest absolute Gasteiger partial charge is 0.441 e. The topological polar surface area (TPSA) is 0 Å². The third-order valence-corrected chi connectivity index (χ3v) is 4.08. The molecule has 0 aliphatic rings. The van der Waals surface area contributed by atoms with Crippen LogP contribution in [-0.2, 0) is 0 Å². The summed E-state index contributed by atoms with van der Waals surface area (Å²) in [5, 5.41) is 0. The van der Waals surface area contributed by atoms with Gasteiger partial charge in [0, 0.05) is 5.75 Å².